The van der Waals surface area contributed by atoms with Gasteiger partial charge in [-0.25, -0.2) is 0 Å². The molecule has 2 aromatic rings. The number of pyridine rings is 1. The van der Waals surface area contributed by atoms with Gasteiger partial charge < -0.3 is 9.30 Å². The third kappa shape index (κ3) is 3.45. The average molecular weight is 299 g/mol. The van der Waals surface area contributed by atoms with E-state index in [1.54, 1.807) is 22.9 Å². The summed E-state index contributed by atoms with van der Waals surface area (Å²) < 4.78 is 6.48. The molecule has 0 radical (unpaired) electrons. The van der Waals surface area contributed by atoms with Crippen molar-refractivity contribution < 1.29 is 9.53 Å². The maximum atomic E-state index is 12.7. The van der Waals surface area contributed by atoms with Crippen LogP contribution in [-0.2, 0) is 16.1 Å². The first kappa shape index (κ1) is 16.0. The molecule has 4 nitrogen and oxygen atoms in total. The second-order valence-corrected chi connectivity index (χ2v) is 5.63. The molecule has 0 N–H and O–H groups in total. The van der Waals surface area contributed by atoms with E-state index < -0.39 is 5.92 Å². The van der Waals surface area contributed by atoms with Crippen LogP contribution in [0, 0.1) is 5.92 Å². The first-order chi connectivity index (χ1) is 10.5. The van der Waals surface area contributed by atoms with Crippen LogP contribution >= 0.6 is 0 Å². The monoisotopic (exact) mass is 299 g/mol. The Morgan fingerprint density at radius 3 is 2.41 bits per heavy atom. The molecule has 0 fully saturated rings. The highest BCUT2D eigenvalue weighted by atomic mass is 16.5. The smallest absolute Gasteiger partial charge is 0.313 e. The fraction of sp³-hybridized carbons (Fsp3) is 0.333. The molecular weight excluding hydrogens is 278 g/mol. The number of carbonyl (C=O) groups excluding carboxylic acids is 1. The molecule has 0 spiro atoms. The van der Waals surface area contributed by atoms with E-state index in [9.17, 15) is 9.59 Å². The minimum atomic E-state index is -0.541. The summed E-state index contributed by atoms with van der Waals surface area (Å²) in [5, 5.41) is 0. The van der Waals surface area contributed by atoms with Crippen molar-refractivity contribution in [3.8, 4) is 0 Å². The second kappa shape index (κ2) is 7.07. The number of nitrogens with zero attached hydrogens (tertiary/aromatic N) is 1. The van der Waals surface area contributed by atoms with Crippen molar-refractivity contribution in [3.63, 3.8) is 0 Å². The summed E-state index contributed by atoms with van der Waals surface area (Å²) in [7, 11) is 1.35. The Morgan fingerprint density at radius 2 is 1.82 bits per heavy atom. The minimum absolute atomic E-state index is 0.00674. The van der Waals surface area contributed by atoms with Crippen molar-refractivity contribution in [1.29, 1.82) is 0 Å². The normalized spacial score (nSPS) is 12.2. The van der Waals surface area contributed by atoms with E-state index >= 15 is 0 Å². The molecule has 2 rings (SSSR count). The number of ether oxygens (including phenoxy) is 1. The topological polar surface area (TPSA) is 48.3 Å². The van der Waals surface area contributed by atoms with Crippen LogP contribution in [-0.4, -0.2) is 17.6 Å². The Labute approximate surface area is 130 Å². The van der Waals surface area contributed by atoms with Gasteiger partial charge in [-0.05, 0) is 17.5 Å². The van der Waals surface area contributed by atoms with Crippen molar-refractivity contribution in [2.75, 3.05) is 7.11 Å². The van der Waals surface area contributed by atoms with Crippen molar-refractivity contribution in [1.82, 2.24) is 4.57 Å². The third-order valence-electron chi connectivity index (χ3n) is 3.70. The van der Waals surface area contributed by atoms with E-state index in [1.165, 1.54) is 7.11 Å². The molecule has 1 atom stereocenters. The van der Waals surface area contributed by atoms with Crippen LogP contribution in [0.3, 0.4) is 0 Å². The molecule has 116 valence electrons. The standard InChI is InChI=1S/C18H21NO3/c1-13(2)16(18(21)22-3)15-10-7-11-19(17(15)20)12-14-8-5-4-6-9-14/h4-11,13,16H,12H2,1-3H3. The average Bonchev–Trinajstić information content (AvgIpc) is 2.51. The van der Waals surface area contributed by atoms with Crippen LogP contribution in [0.4, 0.5) is 0 Å². The summed E-state index contributed by atoms with van der Waals surface area (Å²) in [6.45, 7) is 4.31. The molecule has 1 unspecified atom stereocenters. The van der Waals surface area contributed by atoms with Crippen molar-refractivity contribution >= 4 is 5.97 Å². The fourth-order valence-electron chi connectivity index (χ4n) is 2.58. The SMILES string of the molecule is COC(=O)C(c1cccn(Cc2ccccc2)c1=O)C(C)C. The highest BCUT2D eigenvalue weighted by molar-refractivity contribution is 5.78. The zero-order valence-corrected chi connectivity index (χ0v) is 13.2. The van der Waals surface area contributed by atoms with E-state index in [1.807, 2.05) is 44.2 Å². The van der Waals surface area contributed by atoms with E-state index in [2.05, 4.69) is 0 Å². The predicted molar refractivity (Wildman–Crippen MR) is 85.8 cm³/mol. The molecule has 0 saturated heterocycles. The summed E-state index contributed by atoms with van der Waals surface area (Å²) >= 11 is 0. The second-order valence-electron chi connectivity index (χ2n) is 5.63. The lowest BCUT2D eigenvalue weighted by atomic mass is 9.89. The predicted octanol–water partition coefficient (Wildman–Crippen LogP) is 2.81. The molecule has 22 heavy (non-hydrogen) atoms. The zero-order chi connectivity index (χ0) is 16.1. The van der Waals surface area contributed by atoms with E-state index in [0.717, 1.165) is 5.56 Å². The number of benzene rings is 1. The molecule has 0 aliphatic carbocycles. The first-order valence-electron chi connectivity index (χ1n) is 7.35. The fourth-order valence-corrected chi connectivity index (χ4v) is 2.58. The van der Waals surface area contributed by atoms with E-state index in [-0.39, 0.29) is 17.4 Å². The largest absolute Gasteiger partial charge is 0.469 e. The summed E-state index contributed by atoms with van der Waals surface area (Å²) in [5.74, 6) is -0.919. The van der Waals surface area contributed by atoms with Gasteiger partial charge in [-0.1, -0.05) is 50.2 Å². The van der Waals surface area contributed by atoms with Crippen LogP contribution in [0.15, 0.2) is 53.5 Å². The first-order valence-corrected chi connectivity index (χ1v) is 7.35. The summed E-state index contributed by atoms with van der Waals surface area (Å²) in [4.78, 5) is 24.7. The van der Waals surface area contributed by atoms with Crippen molar-refractivity contribution in [3.05, 3.63) is 70.1 Å². The van der Waals surface area contributed by atoms with Gasteiger partial charge in [0.1, 0.15) is 0 Å². The van der Waals surface area contributed by atoms with Gasteiger partial charge in [-0.3, -0.25) is 9.59 Å². The van der Waals surface area contributed by atoms with Gasteiger partial charge in [-0.2, -0.15) is 0 Å². The number of esters is 1. The van der Waals surface area contributed by atoms with Crippen LogP contribution in [0.1, 0.15) is 30.9 Å². The number of rotatable bonds is 5. The Hall–Kier alpha value is -2.36. The number of hydrogen-bond donors (Lipinski definition) is 0. The van der Waals surface area contributed by atoms with Crippen molar-refractivity contribution in [2.24, 2.45) is 5.92 Å². The summed E-state index contributed by atoms with van der Waals surface area (Å²) in [5.41, 5.74) is 1.39. The number of carbonyl (C=O) groups is 1. The number of aromatic nitrogens is 1. The maximum absolute atomic E-state index is 12.7. The molecule has 0 aliphatic heterocycles. The lowest BCUT2D eigenvalue weighted by Gasteiger charge is -2.19. The van der Waals surface area contributed by atoms with Crippen LogP contribution in [0.2, 0.25) is 0 Å². The van der Waals surface area contributed by atoms with Gasteiger partial charge in [0.05, 0.1) is 19.6 Å². The molecule has 0 saturated carbocycles. The highest BCUT2D eigenvalue weighted by Gasteiger charge is 2.27. The molecule has 0 amide bonds. The van der Waals surface area contributed by atoms with Crippen LogP contribution in [0.25, 0.3) is 0 Å². The lowest BCUT2D eigenvalue weighted by Crippen LogP contribution is -2.30. The molecule has 4 heteroatoms. The van der Waals surface area contributed by atoms with Gasteiger partial charge in [0.15, 0.2) is 0 Å². The zero-order valence-electron chi connectivity index (χ0n) is 13.2. The van der Waals surface area contributed by atoms with Gasteiger partial charge in [0.2, 0.25) is 0 Å². The van der Waals surface area contributed by atoms with E-state index in [4.69, 9.17) is 4.74 Å². The number of hydrogen-bond acceptors (Lipinski definition) is 3. The Balaban J connectivity index is 2.40. The molecule has 0 bridgehead atoms. The Bertz CT molecular complexity index is 689. The van der Waals surface area contributed by atoms with Crippen LogP contribution < -0.4 is 5.56 Å². The molecule has 1 heterocycles. The van der Waals surface area contributed by atoms with Crippen molar-refractivity contribution in [2.45, 2.75) is 26.3 Å². The summed E-state index contributed by atoms with van der Waals surface area (Å²) in [6, 6.07) is 13.3. The maximum Gasteiger partial charge on any atom is 0.313 e. The van der Waals surface area contributed by atoms with Gasteiger partial charge >= 0.3 is 5.97 Å². The van der Waals surface area contributed by atoms with Gasteiger partial charge in [0.25, 0.3) is 5.56 Å². The highest BCUT2D eigenvalue weighted by Crippen LogP contribution is 2.23. The minimum Gasteiger partial charge on any atom is -0.469 e. The van der Waals surface area contributed by atoms with Crippen LogP contribution in [0.5, 0.6) is 0 Å². The van der Waals surface area contributed by atoms with E-state index in [0.29, 0.717) is 12.1 Å². The third-order valence-corrected chi connectivity index (χ3v) is 3.70. The molecule has 0 aliphatic rings. The Morgan fingerprint density at radius 1 is 1.14 bits per heavy atom. The lowest BCUT2D eigenvalue weighted by molar-refractivity contribution is -0.143. The molecular formula is C18H21NO3. The molecule has 1 aromatic heterocycles. The van der Waals surface area contributed by atoms with Gasteiger partial charge in [0, 0.05) is 11.8 Å². The number of methoxy groups -OCH3 is 1. The molecule has 1 aromatic carbocycles. The quantitative estimate of drug-likeness (QED) is 0.798. The van der Waals surface area contributed by atoms with Gasteiger partial charge in [-0.15, -0.1) is 0 Å². The Kier molecular flexibility index (Phi) is 5.15. The summed E-state index contributed by atoms with van der Waals surface area (Å²) in [6.07, 6.45) is 1.74.